The highest BCUT2D eigenvalue weighted by molar-refractivity contribution is 9.10. The van der Waals surface area contributed by atoms with Crippen molar-refractivity contribution in [2.75, 3.05) is 13.2 Å². The highest BCUT2D eigenvalue weighted by atomic mass is 79.9. The lowest BCUT2D eigenvalue weighted by molar-refractivity contribution is 0.186. The first-order valence-electron chi connectivity index (χ1n) is 3.84. The predicted molar refractivity (Wildman–Crippen MR) is 58.4 cm³/mol. The van der Waals surface area contributed by atoms with Crippen LogP contribution in [-0.2, 0) is 0 Å². The van der Waals surface area contributed by atoms with Crippen LogP contribution in [0.15, 0.2) is 35.3 Å². The Hall–Kier alpha value is -0.640. The van der Waals surface area contributed by atoms with E-state index in [0.29, 0.717) is 0 Å². The summed E-state index contributed by atoms with van der Waals surface area (Å²) in [6, 6.07) is 8.02. The summed E-state index contributed by atoms with van der Waals surface area (Å²) in [5, 5.41) is 15.2. The lowest BCUT2D eigenvalue weighted by atomic mass is 10.2. The maximum absolute atomic E-state index is 7.62. The first-order chi connectivity index (χ1) is 6.24. The molecule has 0 spiro atoms. The van der Waals surface area contributed by atoms with Crippen LogP contribution in [0.2, 0.25) is 0 Å². The molecule has 0 heterocycles. The van der Waals surface area contributed by atoms with Gasteiger partial charge in [-0.15, -0.1) is 0 Å². The van der Waals surface area contributed by atoms with E-state index in [0.717, 1.165) is 10.0 Å². The van der Waals surface area contributed by atoms with Gasteiger partial charge in [0.1, 0.15) is 0 Å². The largest absolute Gasteiger partial charge is 0.394 e. The summed E-state index contributed by atoms with van der Waals surface area (Å²) in [7, 11) is 0. The van der Waals surface area contributed by atoms with Crippen LogP contribution in [0.4, 0.5) is 0 Å². The van der Waals surface area contributed by atoms with E-state index >= 15 is 0 Å². The third-order valence-corrected chi connectivity index (χ3v) is 1.73. The van der Waals surface area contributed by atoms with Crippen molar-refractivity contribution in [1.29, 1.82) is 0 Å². The number of hydrogen-bond donors (Lipinski definition) is 2. The topological polar surface area (TPSA) is 40.5 Å². The molecule has 13 heavy (non-hydrogen) atoms. The third-order valence-electron chi connectivity index (χ3n) is 1.21. The molecule has 0 unspecified atom stereocenters. The van der Waals surface area contributed by atoms with E-state index in [1.165, 1.54) is 0 Å². The molecule has 2 N–H and O–H groups in total. The third kappa shape index (κ3) is 6.51. The van der Waals surface area contributed by atoms with Crippen molar-refractivity contribution in [3.05, 3.63) is 40.9 Å². The summed E-state index contributed by atoms with van der Waals surface area (Å²) in [4.78, 5) is 0. The zero-order chi connectivity index (χ0) is 10.1. The van der Waals surface area contributed by atoms with Gasteiger partial charge in [-0.3, -0.25) is 0 Å². The maximum Gasteiger partial charge on any atom is 0.0662 e. The van der Waals surface area contributed by atoms with E-state index in [-0.39, 0.29) is 13.2 Å². The van der Waals surface area contributed by atoms with Gasteiger partial charge < -0.3 is 10.2 Å². The van der Waals surface area contributed by atoms with Gasteiger partial charge in [0.25, 0.3) is 0 Å². The number of benzene rings is 1. The Morgan fingerprint density at radius 2 is 1.62 bits per heavy atom. The molecular formula is C10H13BrO2. The van der Waals surface area contributed by atoms with Crippen molar-refractivity contribution in [2.24, 2.45) is 0 Å². The molecule has 0 saturated carbocycles. The fourth-order valence-electron chi connectivity index (χ4n) is 0.599. The van der Waals surface area contributed by atoms with Crippen LogP contribution in [0.3, 0.4) is 0 Å². The molecule has 2 nitrogen and oxygen atoms in total. The number of halogens is 1. The van der Waals surface area contributed by atoms with Crippen molar-refractivity contribution in [2.45, 2.75) is 0 Å². The van der Waals surface area contributed by atoms with E-state index in [9.17, 15) is 0 Å². The molecule has 0 aromatic heterocycles. The molecule has 0 aliphatic rings. The highest BCUT2D eigenvalue weighted by Crippen LogP contribution is 2.10. The fourth-order valence-corrected chi connectivity index (χ4v) is 0.863. The Bertz CT molecular complexity index is 229. The first-order valence-corrected chi connectivity index (χ1v) is 4.63. The molecule has 0 fully saturated rings. The van der Waals surface area contributed by atoms with Crippen LogP contribution in [0.25, 0.3) is 6.08 Å². The van der Waals surface area contributed by atoms with Crippen LogP contribution < -0.4 is 0 Å². The van der Waals surface area contributed by atoms with Crippen LogP contribution in [0, 0.1) is 0 Å². The predicted octanol–water partition coefficient (Wildman–Crippen LogP) is 2.06. The van der Waals surface area contributed by atoms with Crippen molar-refractivity contribution in [3.63, 3.8) is 0 Å². The smallest absolute Gasteiger partial charge is 0.0662 e. The van der Waals surface area contributed by atoms with Gasteiger partial charge in [-0.1, -0.05) is 40.7 Å². The molecular weight excluding hydrogens is 232 g/mol. The second-order valence-corrected chi connectivity index (χ2v) is 3.12. The monoisotopic (exact) mass is 244 g/mol. The van der Waals surface area contributed by atoms with Crippen LogP contribution in [0.1, 0.15) is 5.56 Å². The zero-order valence-electron chi connectivity index (χ0n) is 7.28. The van der Waals surface area contributed by atoms with Gasteiger partial charge >= 0.3 is 0 Å². The van der Waals surface area contributed by atoms with Crippen LogP contribution >= 0.6 is 15.9 Å². The lowest BCUT2D eigenvalue weighted by Gasteiger charge is -1.90. The van der Waals surface area contributed by atoms with E-state index in [1.807, 2.05) is 30.3 Å². The summed E-state index contributed by atoms with van der Waals surface area (Å²) in [6.45, 7) is 3.40. The molecule has 0 amide bonds. The van der Waals surface area contributed by atoms with Crippen molar-refractivity contribution < 1.29 is 10.2 Å². The van der Waals surface area contributed by atoms with Crippen molar-refractivity contribution in [3.8, 4) is 0 Å². The molecule has 1 aromatic carbocycles. The molecule has 1 aromatic rings. The minimum absolute atomic E-state index is 0.125. The molecule has 3 heteroatoms. The van der Waals surface area contributed by atoms with E-state index < -0.39 is 0 Å². The van der Waals surface area contributed by atoms with E-state index in [2.05, 4.69) is 22.5 Å². The van der Waals surface area contributed by atoms with E-state index in [1.54, 1.807) is 0 Å². The van der Waals surface area contributed by atoms with Crippen LogP contribution in [-0.4, -0.2) is 23.4 Å². The molecule has 0 aliphatic heterocycles. The molecule has 72 valence electrons. The Balaban J connectivity index is 0.000000310. The van der Waals surface area contributed by atoms with Gasteiger partial charge in [0.15, 0.2) is 0 Å². The average molecular weight is 245 g/mol. The van der Waals surface area contributed by atoms with Crippen molar-refractivity contribution in [1.82, 2.24) is 0 Å². The Kier molecular flexibility index (Phi) is 7.59. The van der Waals surface area contributed by atoms with Gasteiger partial charge in [-0.25, -0.2) is 0 Å². The highest BCUT2D eigenvalue weighted by Gasteiger charge is 1.83. The Labute approximate surface area is 86.7 Å². The standard InChI is InChI=1S/C8H7Br.C2H6O2/c1-2-7-3-5-8(9)6-4-7;3-1-2-4/h2-6H,1H2;3-4H,1-2H2. The summed E-state index contributed by atoms with van der Waals surface area (Å²) >= 11 is 3.34. The van der Waals surface area contributed by atoms with E-state index in [4.69, 9.17) is 10.2 Å². The molecule has 0 bridgehead atoms. The first kappa shape index (κ1) is 12.4. The molecule has 0 saturated heterocycles. The van der Waals surface area contributed by atoms with Crippen molar-refractivity contribution >= 4 is 22.0 Å². The second-order valence-electron chi connectivity index (χ2n) is 2.20. The molecule has 0 radical (unpaired) electrons. The number of rotatable bonds is 2. The number of aliphatic hydroxyl groups is 2. The van der Waals surface area contributed by atoms with Gasteiger partial charge in [0.05, 0.1) is 13.2 Å². The summed E-state index contributed by atoms with van der Waals surface area (Å²) in [5.74, 6) is 0. The van der Waals surface area contributed by atoms with Gasteiger partial charge in [-0.2, -0.15) is 0 Å². The second kappa shape index (κ2) is 7.98. The minimum Gasteiger partial charge on any atom is -0.394 e. The summed E-state index contributed by atoms with van der Waals surface area (Å²) in [6.07, 6.45) is 1.83. The van der Waals surface area contributed by atoms with Crippen LogP contribution in [0.5, 0.6) is 0 Å². The fraction of sp³-hybridized carbons (Fsp3) is 0.200. The molecule has 0 aliphatic carbocycles. The van der Waals surface area contributed by atoms with Gasteiger partial charge in [-0.05, 0) is 17.7 Å². The maximum atomic E-state index is 7.62. The van der Waals surface area contributed by atoms with Gasteiger partial charge in [0.2, 0.25) is 0 Å². The normalized spacial score (nSPS) is 8.54. The SMILES string of the molecule is C=Cc1ccc(Br)cc1.OCCO. The minimum atomic E-state index is -0.125. The lowest BCUT2D eigenvalue weighted by Crippen LogP contribution is -1.85. The zero-order valence-corrected chi connectivity index (χ0v) is 8.87. The van der Waals surface area contributed by atoms with Gasteiger partial charge in [0, 0.05) is 4.47 Å². The quantitative estimate of drug-likeness (QED) is 0.837. The number of hydrogen-bond acceptors (Lipinski definition) is 2. The summed E-state index contributed by atoms with van der Waals surface area (Å²) < 4.78 is 1.10. The summed E-state index contributed by atoms with van der Waals surface area (Å²) in [5.41, 5.74) is 1.15. The Morgan fingerprint density at radius 1 is 1.15 bits per heavy atom. The molecule has 0 atom stereocenters. The molecule has 1 rings (SSSR count). The average Bonchev–Trinajstić information content (AvgIpc) is 2.19. The Morgan fingerprint density at radius 3 is 1.92 bits per heavy atom. The number of aliphatic hydroxyl groups excluding tert-OH is 2.